The minimum Gasteiger partial charge on any atom is -0.497 e. The third-order valence-electron chi connectivity index (χ3n) is 7.00. The van der Waals surface area contributed by atoms with Crippen LogP contribution in [0.25, 0.3) is 0 Å². The molecule has 0 unspecified atom stereocenters. The molecule has 0 saturated carbocycles. The average molecular weight is 458 g/mol. The van der Waals surface area contributed by atoms with Crippen LogP contribution in [0.4, 0.5) is 17.1 Å². The number of ether oxygens (including phenoxy) is 2. The monoisotopic (exact) mass is 457 g/mol. The van der Waals surface area contributed by atoms with Crippen LogP contribution in [0.5, 0.6) is 11.5 Å². The number of nitrogens with zero attached hydrogens (tertiary/aromatic N) is 2. The van der Waals surface area contributed by atoms with Gasteiger partial charge >= 0.3 is 0 Å². The second-order valence-electron chi connectivity index (χ2n) is 9.07. The molecule has 6 heteroatoms. The quantitative estimate of drug-likeness (QED) is 0.611. The van der Waals surface area contributed by atoms with Crippen LogP contribution in [-0.4, -0.2) is 45.8 Å². The Labute approximate surface area is 201 Å². The third-order valence-corrected chi connectivity index (χ3v) is 7.00. The Kier molecular flexibility index (Phi) is 6.05. The topological polar surface area (TPSA) is 54.0 Å². The molecule has 0 spiro atoms. The molecule has 3 aromatic carbocycles. The van der Waals surface area contributed by atoms with E-state index >= 15 is 0 Å². The molecular weight excluding hydrogens is 426 g/mol. The fourth-order valence-electron chi connectivity index (χ4n) is 5.13. The van der Waals surface area contributed by atoms with Crippen molar-refractivity contribution in [2.75, 3.05) is 49.0 Å². The molecule has 0 bridgehead atoms. The summed E-state index contributed by atoms with van der Waals surface area (Å²) in [7, 11) is 3.33. The van der Waals surface area contributed by atoms with Crippen LogP contribution < -0.4 is 24.6 Å². The normalized spacial score (nSPS) is 19.1. The molecule has 0 radical (unpaired) electrons. The fourth-order valence-corrected chi connectivity index (χ4v) is 5.13. The van der Waals surface area contributed by atoms with E-state index in [1.54, 1.807) is 14.2 Å². The minimum atomic E-state index is -0.180. The Balaban J connectivity index is 1.46. The summed E-state index contributed by atoms with van der Waals surface area (Å²) in [5.41, 5.74) is 5.57. The van der Waals surface area contributed by atoms with Crippen LogP contribution in [0.3, 0.4) is 0 Å². The van der Waals surface area contributed by atoms with Crippen molar-refractivity contribution >= 4 is 23.0 Å². The zero-order chi connectivity index (χ0) is 23.7. The molecule has 2 aliphatic rings. The van der Waals surface area contributed by atoms with Gasteiger partial charge in [0.05, 0.1) is 26.2 Å². The summed E-state index contributed by atoms with van der Waals surface area (Å²) in [6.07, 6.45) is 0.692. The molecule has 0 aliphatic carbocycles. The number of aryl methyl sites for hydroxylation is 1. The van der Waals surface area contributed by atoms with Crippen molar-refractivity contribution in [3.63, 3.8) is 0 Å². The lowest BCUT2D eigenvalue weighted by Gasteiger charge is -2.49. The van der Waals surface area contributed by atoms with Crippen molar-refractivity contribution in [3.05, 3.63) is 77.9 Å². The third kappa shape index (κ3) is 4.28. The molecule has 6 nitrogen and oxygen atoms in total. The molecule has 2 aliphatic heterocycles. The van der Waals surface area contributed by atoms with E-state index < -0.39 is 0 Å². The van der Waals surface area contributed by atoms with Gasteiger partial charge in [-0.1, -0.05) is 29.8 Å². The van der Waals surface area contributed by atoms with Gasteiger partial charge in [0, 0.05) is 48.8 Å². The van der Waals surface area contributed by atoms with Crippen LogP contribution in [0.15, 0.2) is 66.7 Å². The molecule has 176 valence electrons. The predicted octanol–water partition coefficient (Wildman–Crippen LogP) is 4.52. The van der Waals surface area contributed by atoms with Gasteiger partial charge in [0.25, 0.3) is 0 Å². The number of carbonyl (C=O) groups excluding carboxylic acids is 1. The highest BCUT2D eigenvalue weighted by atomic mass is 16.5. The number of hydrogen-bond acceptors (Lipinski definition) is 5. The standard InChI is InChI=1S/C28H31N3O3/c1-19-7-10-22(11-8-19)30-13-14-31-26-17-24(34-3)12-9-20(26)15-25(27(31)18-30)28(32)29-21-5-4-6-23(16-21)33-2/h4-12,16-17,25,27H,13-15,18H2,1-3H3,(H,29,32)/t25-,27-/m1/s1. The lowest BCUT2D eigenvalue weighted by molar-refractivity contribution is -0.120. The summed E-state index contributed by atoms with van der Waals surface area (Å²) >= 11 is 0. The van der Waals surface area contributed by atoms with E-state index in [-0.39, 0.29) is 17.9 Å². The number of rotatable bonds is 5. The summed E-state index contributed by atoms with van der Waals surface area (Å²) in [6.45, 7) is 4.64. The van der Waals surface area contributed by atoms with Gasteiger partial charge in [0.2, 0.25) is 5.91 Å². The highest BCUT2D eigenvalue weighted by molar-refractivity contribution is 5.94. The molecule has 3 aromatic rings. The van der Waals surface area contributed by atoms with E-state index in [1.165, 1.54) is 22.5 Å². The van der Waals surface area contributed by atoms with Gasteiger partial charge in [0.1, 0.15) is 11.5 Å². The van der Waals surface area contributed by atoms with Crippen molar-refractivity contribution in [1.29, 1.82) is 0 Å². The van der Waals surface area contributed by atoms with Crippen molar-refractivity contribution < 1.29 is 14.3 Å². The Morgan fingerprint density at radius 1 is 0.941 bits per heavy atom. The van der Waals surface area contributed by atoms with E-state index in [9.17, 15) is 4.79 Å². The van der Waals surface area contributed by atoms with Crippen molar-refractivity contribution in [3.8, 4) is 11.5 Å². The van der Waals surface area contributed by atoms with Gasteiger partial charge in [0.15, 0.2) is 0 Å². The first-order valence-electron chi connectivity index (χ1n) is 11.8. The molecule has 1 N–H and O–H groups in total. The van der Waals surface area contributed by atoms with E-state index in [0.717, 1.165) is 36.8 Å². The first-order valence-corrected chi connectivity index (χ1v) is 11.8. The molecule has 2 atom stereocenters. The summed E-state index contributed by atoms with van der Waals surface area (Å²) in [4.78, 5) is 18.4. The SMILES string of the molecule is COc1cccc(NC(=O)[C@@H]2Cc3ccc(OC)cc3N3CCN(c4ccc(C)cc4)C[C@H]23)c1. The highest BCUT2D eigenvalue weighted by Crippen LogP contribution is 2.39. The van der Waals surface area contributed by atoms with E-state index in [1.807, 2.05) is 30.3 Å². The molecule has 1 saturated heterocycles. The molecule has 1 amide bonds. The predicted molar refractivity (Wildman–Crippen MR) is 136 cm³/mol. The number of hydrogen-bond donors (Lipinski definition) is 1. The zero-order valence-electron chi connectivity index (χ0n) is 20.0. The van der Waals surface area contributed by atoms with Gasteiger partial charge in [-0.05, 0) is 49.2 Å². The van der Waals surface area contributed by atoms with Gasteiger partial charge in [-0.2, -0.15) is 0 Å². The molecule has 5 rings (SSSR count). The minimum absolute atomic E-state index is 0.0375. The van der Waals surface area contributed by atoms with Crippen LogP contribution in [0, 0.1) is 12.8 Å². The smallest absolute Gasteiger partial charge is 0.229 e. The average Bonchev–Trinajstić information content (AvgIpc) is 2.88. The largest absolute Gasteiger partial charge is 0.497 e. The second-order valence-corrected chi connectivity index (χ2v) is 9.07. The number of fused-ring (bicyclic) bond motifs is 3. The number of amides is 1. The highest BCUT2D eigenvalue weighted by Gasteiger charge is 2.41. The Hall–Kier alpha value is -3.67. The summed E-state index contributed by atoms with van der Waals surface area (Å²) in [5.74, 6) is 1.43. The number of carbonyl (C=O) groups is 1. The van der Waals surface area contributed by atoms with E-state index in [2.05, 4.69) is 58.4 Å². The lowest BCUT2D eigenvalue weighted by Crippen LogP contribution is -2.60. The number of benzene rings is 3. The summed E-state index contributed by atoms with van der Waals surface area (Å²) in [6, 6.07) is 22.4. The maximum absolute atomic E-state index is 13.6. The molecule has 2 heterocycles. The molecule has 0 aromatic heterocycles. The van der Waals surface area contributed by atoms with Crippen molar-refractivity contribution in [1.82, 2.24) is 0 Å². The maximum Gasteiger partial charge on any atom is 0.229 e. The number of methoxy groups -OCH3 is 2. The Morgan fingerprint density at radius 2 is 1.71 bits per heavy atom. The van der Waals surface area contributed by atoms with E-state index in [4.69, 9.17) is 9.47 Å². The van der Waals surface area contributed by atoms with Crippen molar-refractivity contribution in [2.45, 2.75) is 19.4 Å². The van der Waals surface area contributed by atoms with Crippen LogP contribution in [-0.2, 0) is 11.2 Å². The van der Waals surface area contributed by atoms with E-state index in [0.29, 0.717) is 6.42 Å². The Bertz CT molecular complexity index is 1180. The summed E-state index contributed by atoms with van der Waals surface area (Å²) < 4.78 is 10.8. The first-order chi connectivity index (χ1) is 16.6. The van der Waals surface area contributed by atoms with Gasteiger partial charge in [-0.3, -0.25) is 4.79 Å². The zero-order valence-corrected chi connectivity index (χ0v) is 20.0. The molecular formula is C28H31N3O3. The number of nitrogens with one attached hydrogen (secondary N) is 1. The van der Waals surface area contributed by atoms with Crippen LogP contribution in [0.1, 0.15) is 11.1 Å². The number of piperazine rings is 1. The van der Waals surface area contributed by atoms with Crippen LogP contribution >= 0.6 is 0 Å². The summed E-state index contributed by atoms with van der Waals surface area (Å²) in [5, 5.41) is 3.15. The number of anilines is 3. The van der Waals surface area contributed by atoms with Crippen LogP contribution in [0.2, 0.25) is 0 Å². The first kappa shape index (κ1) is 22.1. The molecule has 34 heavy (non-hydrogen) atoms. The van der Waals surface area contributed by atoms with Crippen molar-refractivity contribution in [2.24, 2.45) is 5.92 Å². The lowest BCUT2D eigenvalue weighted by atomic mass is 9.83. The van der Waals surface area contributed by atoms with Gasteiger partial charge in [-0.25, -0.2) is 0 Å². The second kappa shape index (κ2) is 9.29. The molecule has 1 fully saturated rings. The maximum atomic E-state index is 13.6. The van der Waals surface area contributed by atoms with Gasteiger partial charge < -0.3 is 24.6 Å². The fraction of sp³-hybridized carbons (Fsp3) is 0.321. The van der Waals surface area contributed by atoms with Gasteiger partial charge in [-0.15, -0.1) is 0 Å². The Morgan fingerprint density at radius 3 is 2.47 bits per heavy atom.